The lowest BCUT2D eigenvalue weighted by Gasteiger charge is -2.13. The predicted molar refractivity (Wildman–Crippen MR) is 159 cm³/mol. The predicted octanol–water partition coefficient (Wildman–Crippen LogP) is 9.52. The minimum Gasteiger partial charge on any atom is -0.334 e. The number of thioether (sulfide) groups is 2. The van der Waals surface area contributed by atoms with Crippen LogP contribution in [0.15, 0.2) is 64.9 Å². The van der Waals surface area contributed by atoms with Crippen molar-refractivity contribution in [3.05, 3.63) is 72.1 Å². The fraction of sp³-hybridized carbons (Fsp3) is 0.345. The Bertz CT molecular complexity index is 1460. The zero-order chi connectivity index (χ0) is 29.7. The SMILES string of the molecule is C.C.CCSc1cc(C(F)(F)F)ccc1-c1cnc(C=O)n1C.CCSc1cc(C(F)(F)F)ccc1-c1cncn1C. The number of nitrogens with zero attached hydrogens (tertiary/aromatic N) is 4. The molecule has 2 aromatic heterocycles. The Hall–Kier alpha value is -3.19. The van der Waals surface area contributed by atoms with E-state index in [1.54, 1.807) is 28.7 Å². The molecule has 42 heavy (non-hydrogen) atoms. The minimum atomic E-state index is -4.37. The van der Waals surface area contributed by atoms with Crippen LogP contribution in [0.5, 0.6) is 0 Å². The van der Waals surface area contributed by atoms with Crippen molar-refractivity contribution in [3.8, 4) is 22.5 Å². The molecule has 0 unspecified atom stereocenters. The van der Waals surface area contributed by atoms with Crippen LogP contribution >= 0.6 is 23.5 Å². The Balaban J connectivity index is 0.000000403. The van der Waals surface area contributed by atoms with Gasteiger partial charge in [-0.15, -0.1) is 23.5 Å². The van der Waals surface area contributed by atoms with Gasteiger partial charge in [0.1, 0.15) is 0 Å². The maximum Gasteiger partial charge on any atom is 0.416 e. The number of rotatable bonds is 7. The standard InChI is InChI=1S/C14H13F3N2OS.C13H13F3N2S.2CH4/c1-3-21-12-6-9(14(15,16)17)4-5-10(12)11-7-18-13(8-20)19(11)2;1-3-19-12-6-9(13(14,15)16)4-5-10(12)11-7-17-8-18(11)2;;/h4-8H,3H2,1-2H3;4-8H,3H2,1-2H3;2*1H4. The first-order chi connectivity index (χ1) is 18.8. The molecular formula is C29H34F6N4OS2. The molecule has 2 aromatic carbocycles. The zero-order valence-electron chi connectivity index (χ0n) is 22.0. The van der Waals surface area contributed by atoms with Crippen molar-refractivity contribution in [2.45, 2.75) is 50.8 Å². The molecule has 4 aromatic rings. The van der Waals surface area contributed by atoms with Gasteiger partial charge in [-0.1, -0.05) is 40.8 Å². The maximum absolute atomic E-state index is 12.8. The molecule has 2 heterocycles. The van der Waals surface area contributed by atoms with Gasteiger partial charge in [-0.3, -0.25) is 4.79 Å². The van der Waals surface area contributed by atoms with Crippen molar-refractivity contribution in [3.63, 3.8) is 0 Å². The fourth-order valence-electron chi connectivity index (χ4n) is 3.77. The summed E-state index contributed by atoms with van der Waals surface area (Å²) in [6.45, 7) is 3.78. The van der Waals surface area contributed by atoms with Crippen molar-refractivity contribution < 1.29 is 31.1 Å². The quantitative estimate of drug-likeness (QED) is 0.115. The van der Waals surface area contributed by atoms with Crippen molar-refractivity contribution >= 4 is 29.8 Å². The zero-order valence-corrected chi connectivity index (χ0v) is 23.6. The van der Waals surface area contributed by atoms with E-state index in [1.807, 2.05) is 20.9 Å². The van der Waals surface area contributed by atoms with E-state index in [2.05, 4.69) is 9.97 Å². The molecule has 0 radical (unpaired) electrons. The highest BCUT2D eigenvalue weighted by Crippen LogP contribution is 2.38. The van der Waals surface area contributed by atoms with E-state index in [1.165, 1.54) is 47.9 Å². The highest BCUT2D eigenvalue weighted by atomic mass is 32.2. The van der Waals surface area contributed by atoms with Gasteiger partial charge >= 0.3 is 12.4 Å². The topological polar surface area (TPSA) is 52.7 Å². The minimum absolute atomic E-state index is 0. The lowest BCUT2D eigenvalue weighted by Crippen LogP contribution is -2.05. The Morgan fingerprint density at radius 3 is 1.62 bits per heavy atom. The summed E-state index contributed by atoms with van der Waals surface area (Å²) in [4.78, 5) is 19.9. The number of imidazole rings is 2. The number of hydrogen-bond acceptors (Lipinski definition) is 5. The molecule has 0 amide bonds. The summed E-state index contributed by atoms with van der Waals surface area (Å²) >= 11 is 2.72. The van der Waals surface area contributed by atoms with Gasteiger partial charge in [-0.2, -0.15) is 26.3 Å². The van der Waals surface area contributed by atoms with Crippen LogP contribution in [0.4, 0.5) is 26.3 Å². The number of hydrogen-bond donors (Lipinski definition) is 0. The number of aldehydes is 1. The third-order valence-electron chi connectivity index (χ3n) is 5.72. The molecule has 0 fully saturated rings. The summed E-state index contributed by atoms with van der Waals surface area (Å²) in [6, 6.07) is 7.43. The number of aromatic nitrogens is 4. The third kappa shape index (κ3) is 8.66. The second-order valence-corrected chi connectivity index (χ2v) is 11.0. The first-order valence-corrected chi connectivity index (χ1v) is 13.9. The van der Waals surface area contributed by atoms with Gasteiger partial charge < -0.3 is 9.13 Å². The second-order valence-electron chi connectivity index (χ2n) is 8.35. The molecule has 0 saturated carbocycles. The van der Waals surface area contributed by atoms with Crippen LogP contribution in [-0.4, -0.2) is 36.9 Å². The van der Waals surface area contributed by atoms with Crippen LogP contribution in [0.25, 0.3) is 22.5 Å². The van der Waals surface area contributed by atoms with Crippen molar-refractivity contribution in [1.29, 1.82) is 0 Å². The lowest BCUT2D eigenvalue weighted by atomic mass is 10.1. The molecule has 4 rings (SSSR count). The maximum atomic E-state index is 12.8. The Kier molecular flexibility index (Phi) is 13.4. The van der Waals surface area contributed by atoms with Crippen molar-refractivity contribution in [1.82, 2.24) is 19.1 Å². The lowest BCUT2D eigenvalue weighted by molar-refractivity contribution is -0.138. The van der Waals surface area contributed by atoms with Gasteiger partial charge in [0.05, 0.1) is 41.2 Å². The summed E-state index contributed by atoms with van der Waals surface area (Å²) in [5, 5.41) is 0. The van der Waals surface area contributed by atoms with Crippen LogP contribution < -0.4 is 0 Å². The van der Waals surface area contributed by atoms with E-state index in [-0.39, 0.29) is 20.7 Å². The summed E-state index contributed by atoms with van der Waals surface area (Å²) in [5.41, 5.74) is 1.54. The molecule has 0 bridgehead atoms. The van der Waals surface area contributed by atoms with Crippen LogP contribution in [0.1, 0.15) is 50.4 Å². The average molecular weight is 633 g/mol. The Labute approximate surface area is 250 Å². The van der Waals surface area contributed by atoms with Gasteiger partial charge in [-0.25, -0.2) is 9.97 Å². The van der Waals surface area contributed by atoms with Gasteiger partial charge in [-0.05, 0) is 35.8 Å². The third-order valence-corrected chi connectivity index (χ3v) is 7.59. The first kappa shape index (κ1) is 36.8. The van der Waals surface area contributed by atoms with Crippen molar-refractivity contribution in [2.24, 2.45) is 14.1 Å². The Morgan fingerprint density at radius 1 is 0.786 bits per heavy atom. The molecule has 13 heteroatoms. The molecular weight excluding hydrogens is 598 g/mol. The van der Waals surface area contributed by atoms with Crippen LogP contribution in [0.2, 0.25) is 0 Å². The molecule has 230 valence electrons. The van der Waals surface area contributed by atoms with E-state index >= 15 is 0 Å². The molecule has 0 saturated heterocycles. The second kappa shape index (κ2) is 15.3. The molecule has 0 aliphatic heterocycles. The van der Waals surface area contributed by atoms with E-state index in [4.69, 9.17) is 0 Å². The van der Waals surface area contributed by atoms with Gasteiger partial charge in [0.15, 0.2) is 12.1 Å². The average Bonchev–Trinajstić information content (AvgIpc) is 3.48. The summed E-state index contributed by atoms with van der Waals surface area (Å²) in [7, 11) is 3.48. The smallest absolute Gasteiger partial charge is 0.334 e. The van der Waals surface area contributed by atoms with Crippen LogP contribution in [0, 0.1) is 0 Å². The number of benzene rings is 2. The van der Waals surface area contributed by atoms with Gasteiger partial charge in [0.2, 0.25) is 0 Å². The number of aryl methyl sites for hydroxylation is 1. The number of halogens is 6. The monoisotopic (exact) mass is 632 g/mol. The molecule has 0 spiro atoms. The normalized spacial score (nSPS) is 11.2. The molecule has 0 atom stereocenters. The molecule has 0 N–H and O–H groups in total. The molecule has 0 aliphatic carbocycles. The van der Waals surface area contributed by atoms with Crippen molar-refractivity contribution in [2.75, 3.05) is 11.5 Å². The number of carbonyl (C=O) groups is 1. The largest absolute Gasteiger partial charge is 0.416 e. The van der Waals surface area contributed by atoms with Crippen LogP contribution in [-0.2, 0) is 26.4 Å². The fourth-order valence-corrected chi connectivity index (χ4v) is 5.47. The summed E-state index contributed by atoms with van der Waals surface area (Å²) < 4.78 is 80.0. The van der Waals surface area contributed by atoms with E-state index in [9.17, 15) is 31.1 Å². The van der Waals surface area contributed by atoms with Crippen LogP contribution in [0.3, 0.4) is 0 Å². The highest BCUT2D eigenvalue weighted by molar-refractivity contribution is 7.99. The van der Waals surface area contributed by atoms with E-state index in [0.717, 1.165) is 29.5 Å². The van der Waals surface area contributed by atoms with Gasteiger partial charge in [0.25, 0.3) is 0 Å². The van der Waals surface area contributed by atoms with E-state index in [0.29, 0.717) is 38.8 Å². The van der Waals surface area contributed by atoms with Gasteiger partial charge in [0, 0.05) is 35.0 Å². The number of carbonyl (C=O) groups excluding carboxylic acids is 1. The molecule has 0 aliphatic rings. The summed E-state index contributed by atoms with van der Waals surface area (Å²) in [6.07, 6.45) is -3.29. The first-order valence-electron chi connectivity index (χ1n) is 11.9. The van der Waals surface area contributed by atoms with E-state index < -0.39 is 23.5 Å². The highest BCUT2D eigenvalue weighted by Gasteiger charge is 2.32. The number of alkyl halides is 6. The Morgan fingerprint density at radius 2 is 1.26 bits per heavy atom. The summed E-state index contributed by atoms with van der Waals surface area (Å²) in [5.74, 6) is 1.59. The molecule has 5 nitrogen and oxygen atoms in total.